The molecule has 0 aromatic heterocycles. The van der Waals surface area contributed by atoms with Crippen LogP contribution in [0.4, 0.5) is 0 Å². The Kier molecular flexibility index (Phi) is 19.5. The second kappa shape index (κ2) is 17.5. The first-order valence-corrected chi connectivity index (χ1v) is 9.35. The van der Waals surface area contributed by atoms with Gasteiger partial charge in [0.15, 0.2) is 0 Å². The Bertz CT molecular complexity index is 378. The number of allylic oxidation sites excluding steroid dienone is 3. The number of rotatable bonds is 14. The van der Waals surface area contributed by atoms with Crippen molar-refractivity contribution >= 4 is 10.4 Å². The van der Waals surface area contributed by atoms with Crippen molar-refractivity contribution in [2.24, 2.45) is 0 Å². The van der Waals surface area contributed by atoms with Crippen LogP contribution < -0.4 is 29.6 Å². The van der Waals surface area contributed by atoms with Crippen LogP contribution in [0.25, 0.3) is 0 Å². The van der Waals surface area contributed by atoms with Crippen LogP contribution in [0, 0.1) is 0 Å². The number of hydrogen-bond acceptors (Lipinski definition) is 4. The Morgan fingerprint density at radius 2 is 1.36 bits per heavy atom. The summed E-state index contributed by atoms with van der Waals surface area (Å²) in [7, 11) is -4.61. The van der Waals surface area contributed by atoms with E-state index in [-0.39, 0.29) is 29.6 Å². The monoisotopic (exact) mass is 340 g/mol. The van der Waals surface area contributed by atoms with E-state index in [1.165, 1.54) is 63.9 Å². The smallest absolute Gasteiger partial charge is 0.716 e. The third-order valence-electron chi connectivity index (χ3n) is 3.22. The second-order valence-electron chi connectivity index (χ2n) is 5.23. The maximum atomic E-state index is 10.1. The molecule has 0 fully saturated rings. The topological polar surface area (TPSA) is 66.4 Å². The van der Waals surface area contributed by atoms with E-state index in [0.717, 1.165) is 19.1 Å². The minimum atomic E-state index is -4.61. The normalized spacial score (nSPS) is 11.9. The van der Waals surface area contributed by atoms with Crippen LogP contribution in [0.5, 0.6) is 0 Å². The molecule has 0 aromatic carbocycles. The third kappa shape index (κ3) is 22.5. The zero-order valence-corrected chi connectivity index (χ0v) is 16.9. The van der Waals surface area contributed by atoms with Crippen LogP contribution in [-0.4, -0.2) is 13.0 Å². The van der Waals surface area contributed by atoms with E-state index < -0.39 is 10.4 Å². The summed E-state index contributed by atoms with van der Waals surface area (Å²) in [5.41, 5.74) is 0. The van der Waals surface area contributed by atoms with Crippen molar-refractivity contribution in [3.05, 3.63) is 24.5 Å². The van der Waals surface area contributed by atoms with Crippen LogP contribution in [0.15, 0.2) is 24.5 Å². The minimum Gasteiger partial charge on any atom is -0.716 e. The average Bonchev–Trinajstić information content (AvgIpc) is 2.42. The summed E-state index contributed by atoms with van der Waals surface area (Å²) in [5, 5.41) is 0. The minimum absolute atomic E-state index is 0. The van der Waals surface area contributed by atoms with E-state index in [4.69, 9.17) is 0 Å². The van der Waals surface area contributed by atoms with Crippen LogP contribution in [0.3, 0.4) is 0 Å². The summed E-state index contributed by atoms with van der Waals surface area (Å²) in [6.07, 6.45) is 20.0. The van der Waals surface area contributed by atoms with E-state index in [0.29, 0.717) is 0 Å². The van der Waals surface area contributed by atoms with E-state index >= 15 is 0 Å². The van der Waals surface area contributed by atoms with Crippen molar-refractivity contribution in [3.8, 4) is 0 Å². The Labute approximate surface area is 158 Å². The Balaban J connectivity index is 0. The van der Waals surface area contributed by atoms with Gasteiger partial charge in [-0.3, -0.25) is 0 Å². The largest absolute Gasteiger partial charge is 1.00 e. The maximum absolute atomic E-state index is 10.1. The first-order chi connectivity index (χ1) is 10.1. The molecule has 6 heteroatoms. The second-order valence-corrected chi connectivity index (χ2v) is 6.24. The van der Waals surface area contributed by atoms with Crippen LogP contribution in [0.2, 0.25) is 0 Å². The predicted molar refractivity (Wildman–Crippen MR) is 85.5 cm³/mol. The van der Waals surface area contributed by atoms with Gasteiger partial charge < -0.3 is 8.74 Å². The van der Waals surface area contributed by atoms with Gasteiger partial charge in [0.2, 0.25) is 0 Å². The van der Waals surface area contributed by atoms with E-state index in [1.54, 1.807) is 6.08 Å². The van der Waals surface area contributed by atoms with Crippen molar-refractivity contribution in [1.82, 2.24) is 0 Å². The molecule has 0 N–H and O–H groups in total. The summed E-state index contributed by atoms with van der Waals surface area (Å²) in [4.78, 5) is 0. The standard InChI is InChI=1S/C16H30O4S.Na/c1-2-3-4-5-6-7-8-9-10-11-12-13-14-15-16-20-21(17,18)19;/h13-16H,2-12H2,1H3,(H,17,18,19);/q;+1/p-1/b14-13+,16-15+;. The fourth-order valence-electron chi connectivity index (χ4n) is 2.07. The van der Waals surface area contributed by atoms with Gasteiger partial charge in [-0.05, 0) is 18.9 Å². The third-order valence-corrected chi connectivity index (χ3v) is 3.57. The van der Waals surface area contributed by atoms with E-state index in [2.05, 4.69) is 11.1 Å². The molecular weight excluding hydrogens is 311 g/mol. The van der Waals surface area contributed by atoms with Gasteiger partial charge in [-0.15, -0.1) is 0 Å². The van der Waals surface area contributed by atoms with Gasteiger partial charge in [0, 0.05) is 0 Å². The van der Waals surface area contributed by atoms with Crippen molar-refractivity contribution in [2.75, 3.05) is 0 Å². The zero-order chi connectivity index (χ0) is 15.8. The fourth-order valence-corrected chi connectivity index (χ4v) is 2.27. The van der Waals surface area contributed by atoms with Gasteiger partial charge in [-0.2, -0.15) is 0 Å². The maximum Gasteiger partial charge on any atom is 1.00 e. The molecule has 4 nitrogen and oxygen atoms in total. The van der Waals surface area contributed by atoms with Crippen LogP contribution in [0.1, 0.15) is 77.6 Å². The molecule has 0 aliphatic carbocycles. The van der Waals surface area contributed by atoms with Crippen LogP contribution >= 0.6 is 0 Å². The molecule has 0 spiro atoms. The molecular formula is C16H29NaO4S. The van der Waals surface area contributed by atoms with Crippen molar-refractivity contribution in [2.45, 2.75) is 77.6 Å². The molecule has 0 heterocycles. The first kappa shape index (κ1) is 24.4. The van der Waals surface area contributed by atoms with E-state index in [9.17, 15) is 13.0 Å². The molecule has 0 radical (unpaired) electrons. The van der Waals surface area contributed by atoms with Gasteiger partial charge >= 0.3 is 29.6 Å². The molecule has 0 bridgehead atoms. The van der Waals surface area contributed by atoms with Gasteiger partial charge in [0.05, 0.1) is 0 Å². The molecule has 22 heavy (non-hydrogen) atoms. The van der Waals surface area contributed by atoms with Crippen molar-refractivity contribution in [1.29, 1.82) is 0 Å². The molecule has 0 unspecified atom stereocenters. The quantitative estimate of drug-likeness (QED) is 0.121. The summed E-state index contributed by atoms with van der Waals surface area (Å²) in [6, 6.07) is 0. The van der Waals surface area contributed by atoms with Gasteiger partial charge in [-0.25, -0.2) is 8.42 Å². The molecule has 0 saturated heterocycles. The molecule has 0 atom stereocenters. The summed E-state index contributed by atoms with van der Waals surface area (Å²) in [5.74, 6) is 0. The Morgan fingerprint density at radius 3 is 1.86 bits per heavy atom. The molecule has 0 amide bonds. The Hall–Kier alpha value is 0.190. The number of unbranched alkanes of at least 4 members (excludes halogenated alkanes) is 10. The SMILES string of the molecule is CCCCCCCCCCCC/C=C/C=C/OS(=O)(=O)[O-].[Na+]. The number of hydrogen-bond donors (Lipinski definition) is 0. The summed E-state index contributed by atoms with van der Waals surface area (Å²) in [6.45, 7) is 2.24. The summed E-state index contributed by atoms with van der Waals surface area (Å²) >= 11 is 0. The van der Waals surface area contributed by atoms with Gasteiger partial charge in [0.1, 0.15) is 6.26 Å². The fraction of sp³-hybridized carbons (Fsp3) is 0.750. The van der Waals surface area contributed by atoms with Crippen molar-refractivity contribution in [3.63, 3.8) is 0 Å². The molecule has 0 rings (SSSR count). The first-order valence-electron chi connectivity index (χ1n) is 8.02. The Morgan fingerprint density at radius 1 is 0.864 bits per heavy atom. The molecule has 124 valence electrons. The zero-order valence-electron chi connectivity index (χ0n) is 14.1. The van der Waals surface area contributed by atoms with E-state index in [1.807, 2.05) is 6.08 Å². The molecule has 0 saturated carbocycles. The molecule has 0 aromatic rings. The van der Waals surface area contributed by atoms with Crippen molar-refractivity contribution < 1.29 is 46.7 Å². The summed E-state index contributed by atoms with van der Waals surface area (Å²) < 4.78 is 34.3. The van der Waals surface area contributed by atoms with Crippen LogP contribution in [-0.2, 0) is 14.6 Å². The molecule has 0 aliphatic rings. The predicted octanol–water partition coefficient (Wildman–Crippen LogP) is 1.85. The van der Waals surface area contributed by atoms with Gasteiger partial charge in [0.25, 0.3) is 10.4 Å². The van der Waals surface area contributed by atoms with Gasteiger partial charge in [-0.1, -0.05) is 76.9 Å². The average molecular weight is 340 g/mol. The molecule has 0 aliphatic heterocycles.